The monoisotopic (exact) mass is 1570 g/mol. The molecule has 123 heavy (non-hydrogen) atoms. The fourth-order valence-corrected chi connectivity index (χ4v) is 24.3. The molecule has 4 fully saturated rings. The predicted octanol–water partition coefficient (Wildman–Crippen LogP) is 28.8. The summed E-state index contributed by atoms with van der Waals surface area (Å²) in [4.78, 5) is 8.72. The number of fused-ring (bicyclic) bond motifs is 8. The topological polar surface area (TPSA) is 9.72 Å². The molecule has 21 aromatic carbocycles. The van der Waals surface area contributed by atoms with E-state index < -0.39 is 0 Å². The number of hydrogen-bond acceptors (Lipinski definition) is 3. The van der Waals surface area contributed by atoms with Gasteiger partial charge in [-0.15, -0.1) is 0 Å². The zero-order valence-electron chi connectivity index (χ0n) is 68.5. The second-order valence-corrected chi connectivity index (χ2v) is 35.8. The van der Waals surface area contributed by atoms with E-state index in [0.717, 1.165) is 37.8 Å². The van der Waals surface area contributed by atoms with Crippen molar-refractivity contribution in [3.05, 3.63) is 399 Å². The standard InChI is InChI=1S/C119H86BN3/c1-7-25-76(26-8-1)86-66-105(78-29-11-3-12-30-78)93(106(67-86)79-31-13-4-14-32-79)57-59-121-111-70-84(91-51-53-103-99-43-21-39-82-37-19-41-97(115(82)99)101-47-23-45-95(91)117(101)103)49-55-109(111)120-110-56-50-85(92-52-54-104-100-44-22-40-83-38-20-42-98(116(83)100)102-48-24-46-96(92)118(102)104)71-112(110)122(114-73-90(72-113(121)119(114)120)123-88-62-74-61-75(64-88)65-89(123)63-74)60-58-94-107(80-33-15-5-16-34-80)68-87(77-27-9-2-10-28-77)69-108(94)81-35-17-6-18-36-81/h1-56,66-75,88-89H,57-65H2. The number of nitrogens with zero attached hydrogens (tertiary/aromatic N) is 3. The largest absolute Gasteiger partial charge is 0.365 e. The van der Waals surface area contributed by atoms with Crippen LogP contribution in [0.3, 0.4) is 0 Å². The maximum Gasteiger partial charge on any atom is 0.252 e. The van der Waals surface area contributed by atoms with E-state index in [2.05, 4.69) is 403 Å². The third kappa shape index (κ3) is 11.2. The van der Waals surface area contributed by atoms with Crippen LogP contribution in [0.4, 0.5) is 28.4 Å². The number of piperidine rings is 2. The molecule has 2 saturated heterocycles. The van der Waals surface area contributed by atoms with Crippen LogP contribution in [-0.2, 0) is 12.8 Å². The first-order chi connectivity index (χ1) is 61.0. The van der Waals surface area contributed by atoms with Crippen LogP contribution in [0.2, 0.25) is 0 Å². The summed E-state index contributed by atoms with van der Waals surface area (Å²) in [5.41, 5.74) is 33.1. The zero-order chi connectivity index (χ0) is 80.5. The Morgan fingerprint density at radius 3 is 0.902 bits per heavy atom. The molecule has 21 aromatic rings. The van der Waals surface area contributed by atoms with Crippen molar-refractivity contribution in [1.82, 2.24) is 0 Å². The Kier molecular flexibility index (Phi) is 16.1. The van der Waals surface area contributed by atoms with Crippen LogP contribution in [0.1, 0.15) is 43.2 Å². The van der Waals surface area contributed by atoms with E-state index in [1.807, 2.05) is 0 Å². The molecule has 4 aliphatic heterocycles. The molecule has 0 atom stereocenters. The lowest BCUT2D eigenvalue weighted by Crippen LogP contribution is -2.63. The van der Waals surface area contributed by atoms with Gasteiger partial charge < -0.3 is 14.7 Å². The summed E-state index contributed by atoms with van der Waals surface area (Å²) >= 11 is 0. The lowest BCUT2D eigenvalue weighted by atomic mass is 9.33. The SMILES string of the molecule is c1ccc(-c2cc(-c3ccccc3)c(CCN3c4cc(-c5ccc6c7cccc8cccc(c9cccc5c96)c87)ccc4B4c5ccc(-c6ccc7c8cccc9cccc(c%10cccc6c%107)c98)cc5N(CCc5c(-c6ccccc6)cc(-c6ccccc6)cc5-c5ccccc5)c5cc(N6C7CC8CC(C7)CC6C8)cc3c54)c(-c3ccccc3)c2)cc1. The molecule has 2 aliphatic carbocycles. The second kappa shape index (κ2) is 28.1. The van der Waals surface area contributed by atoms with Gasteiger partial charge in [0.05, 0.1) is 0 Å². The van der Waals surface area contributed by atoms with Crippen LogP contribution in [0.15, 0.2) is 388 Å². The number of benzene rings is 21. The Morgan fingerprint density at radius 1 is 0.228 bits per heavy atom. The molecule has 0 unspecified atom stereocenters. The highest BCUT2D eigenvalue weighted by molar-refractivity contribution is 7.00. The molecule has 0 aromatic heterocycles. The summed E-state index contributed by atoms with van der Waals surface area (Å²) in [5.74, 6) is 1.56. The summed E-state index contributed by atoms with van der Waals surface area (Å²) in [6, 6.07) is 151. The third-order valence-corrected chi connectivity index (χ3v) is 29.3. The maximum absolute atomic E-state index is 3.00. The Labute approximate surface area is 717 Å². The minimum atomic E-state index is -0.130. The molecule has 27 rings (SSSR count). The molecule has 4 heteroatoms. The lowest BCUT2D eigenvalue weighted by Gasteiger charge is -2.58. The molecule has 2 saturated carbocycles. The van der Waals surface area contributed by atoms with Crippen molar-refractivity contribution in [3.63, 3.8) is 0 Å². The highest BCUT2D eigenvalue weighted by Crippen LogP contribution is 2.55. The molecule has 4 heterocycles. The van der Waals surface area contributed by atoms with Gasteiger partial charge in [-0.05, 0) is 308 Å². The second-order valence-electron chi connectivity index (χ2n) is 35.8. The minimum absolute atomic E-state index is 0.130. The Morgan fingerprint density at radius 2 is 0.545 bits per heavy atom. The van der Waals surface area contributed by atoms with E-state index in [0.29, 0.717) is 12.1 Å². The Bertz CT molecular complexity index is 7130. The van der Waals surface area contributed by atoms with Crippen molar-refractivity contribution in [2.45, 2.75) is 57.0 Å². The molecular weight excluding hydrogens is 1480 g/mol. The fraction of sp³-hybridized carbons (Fsp3) is 0.109. The molecule has 6 aliphatic rings. The molecule has 0 radical (unpaired) electrons. The number of rotatable bonds is 15. The van der Waals surface area contributed by atoms with Crippen molar-refractivity contribution in [2.24, 2.45) is 11.8 Å². The van der Waals surface area contributed by atoms with E-state index in [1.165, 1.54) is 263 Å². The van der Waals surface area contributed by atoms with Gasteiger partial charge in [0.15, 0.2) is 0 Å². The lowest BCUT2D eigenvalue weighted by molar-refractivity contribution is 0.0900. The quantitative estimate of drug-likeness (QED) is 0.0575. The van der Waals surface area contributed by atoms with Crippen LogP contribution < -0.4 is 31.1 Å². The minimum Gasteiger partial charge on any atom is -0.365 e. The molecule has 580 valence electrons. The fourth-order valence-electron chi connectivity index (χ4n) is 24.3. The third-order valence-electron chi connectivity index (χ3n) is 29.3. The molecule has 3 nitrogen and oxygen atoms in total. The summed E-state index contributed by atoms with van der Waals surface area (Å²) in [5, 5.41) is 20.9. The van der Waals surface area contributed by atoms with E-state index in [-0.39, 0.29) is 6.71 Å². The van der Waals surface area contributed by atoms with Crippen LogP contribution in [0.25, 0.3) is 175 Å². The number of hydrogen-bond donors (Lipinski definition) is 0. The average molecular weight is 1570 g/mol. The molecule has 4 bridgehead atoms. The van der Waals surface area contributed by atoms with Gasteiger partial charge in [-0.2, -0.15) is 0 Å². The average Bonchev–Trinajstić information content (AvgIpc) is 0.688. The summed E-state index contributed by atoms with van der Waals surface area (Å²) in [6.07, 6.45) is 7.94. The highest BCUT2D eigenvalue weighted by atomic mass is 15.2. The Hall–Kier alpha value is -14.3. The Balaban J connectivity index is 0.739. The normalized spacial score (nSPS) is 16.4. The van der Waals surface area contributed by atoms with Crippen molar-refractivity contribution < 1.29 is 0 Å². The van der Waals surface area contributed by atoms with E-state index in [9.17, 15) is 0 Å². The van der Waals surface area contributed by atoms with Crippen LogP contribution in [0, 0.1) is 11.8 Å². The van der Waals surface area contributed by atoms with Gasteiger partial charge in [0.25, 0.3) is 6.71 Å². The first-order valence-corrected chi connectivity index (χ1v) is 44.6. The van der Waals surface area contributed by atoms with Crippen molar-refractivity contribution in [2.75, 3.05) is 27.8 Å². The van der Waals surface area contributed by atoms with Gasteiger partial charge in [-0.1, -0.05) is 340 Å². The number of anilines is 5. The first-order valence-electron chi connectivity index (χ1n) is 44.6. The van der Waals surface area contributed by atoms with Gasteiger partial charge in [-0.25, -0.2) is 0 Å². The van der Waals surface area contributed by atoms with Gasteiger partial charge >= 0.3 is 0 Å². The van der Waals surface area contributed by atoms with Gasteiger partial charge in [0.1, 0.15) is 0 Å². The van der Waals surface area contributed by atoms with Gasteiger partial charge in [-0.3, -0.25) is 0 Å². The van der Waals surface area contributed by atoms with E-state index >= 15 is 0 Å². The van der Waals surface area contributed by atoms with E-state index in [1.54, 1.807) is 0 Å². The van der Waals surface area contributed by atoms with Crippen LogP contribution in [-0.4, -0.2) is 31.9 Å². The van der Waals surface area contributed by atoms with E-state index in [4.69, 9.17) is 0 Å². The first kappa shape index (κ1) is 70.5. The molecule has 0 spiro atoms. The molecule has 0 amide bonds. The smallest absolute Gasteiger partial charge is 0.252 e. The highest BCUT2D eigenvalue weighted by Gasteiger charge is 2.49. The van der Waals surface area contributed by atoms with Gasteiger partial charge in [0.2, 0.25) is 0 Å². The van der Waals surface area contributed by atoms with Crippen LogP contribution >= 0.6 is 0 Å². The van der Waals surface area contributed by atoms with Gasteiger partial charge in [0, 0.05) is 53.6 Å². The molecular formula is C119H86BN3. The van der Waals surface area contributed by atoms with Crippen LogP contribution in [0.5, 0.6) is 0 Å². The zero-order valence-corrected chi connectivity index (χ0v) is 68.5. The molecule has 0 N–H and O–H groups in total. The maximum atomic E-state index is 3.00. The summed E-state index contributed by atoms with van der Waals surface area (Å²) in [6.45, 7) is 1.31. The van der Waals surface area contributed by atoms with Crippen molar-refractivity contribution in [1.29, 1.82) is 0 Å². The van der Waals surface area contributed by atoms with Crippen molar-refractivity contribution >= 4 is 138 Å². The van der Waals surface area contributed by atoms with Crippen molar-refractivity contribution in [3.8, 4) is 89.0 Å². The summed E-state index contributed by atoms with van der Waals surface area (Å²) < 4.78 is 0. The summed E-state index contributed by atoms with van der Waals surface area (Å²) in [7, 11) is 0. The predicted molar refractivity (Wildman–Crippen MR) is 524 cm³/mol.